The molecule has 0 aromatic heterocycles. The highest BCUT2D eigenvalue weighted by atomic mass is 35.5. The molecule has 1 aromatic carbocycles. The minimum Gasteiger partial charge on any atom is -0.359 e. The van der Waals surface area contributed by atoms with Crippen molar-refractivity contribution in [3.8, 4) is 0 Å². The zero-order chi connectivity index (χ0) is 20.6. The normalized spacial score (nSPS) is 16.8. The van der Waals surface area contributed by atoms with Gasteiger partial charge in [0.1, 0.15) is 0 Å². The minimum atomic E-state index is -4.43. The topological polar surface area (TPSA) is 105 Å². The summed E-state index contributed by atoms with van der Waals surface area (Å²) in [6, 6.07) is 8.76. The van der Waals surface area contributed by atoms with Crippen LogP contribution in [0.3, 0.4) is 0 Å². The van der Waals surface area contributed by atoms with Gasteiger partial charge in [-0.3, -0.25) is 0 Å². The van der Waals surface area contributed by atoms with E-state index in [9.17, 15) is 16.8 Å². The first kappa shape index (κ1) is 22.6. The summed E-state index contributed by atoms with van der Waals surface area (Å²) in [5.41, 5.74) is 9.76. The third-order valence-electron chi connectivity index (χ3n) is 4.44. The van der Waals surface area contributed by atoms with Crippen LogP contribution in [-0.4, -0.2) is 37.5 Å². The van der Waals surface area contributed by atoms with E-state index in [2.05, 4.69) is 4.79 Å². The van der Waals surface area contributed by atoms with E-state index in [4.69, 9.17) is 17.1 Å². The van der Waals surface area contributed by atoms with Crippen LogP contribution in [0.1, 0.15) is 37.7 Å². The molecule has 1 aliphatic carbocycles. The van der Waals surface area contributed by atoms with E-state index >= 15 is 0 Å². The lowest BCUT2D eigenvalue weighted by Crippen LogP contribution is -2.29. The van der Waals surface area contributed by atoms with Gasteiger partial charge in [-0.1, -0.05) is 73.3 Å². The smallest absolute Gasteiger partial charge is 0.359 e. The molecule has 0 bridgehead atoms. The van der Waals surface area contributed by atoms with Crippen molar-refractivity contribution >= 4 is 41.7 Å². The van der Waals surface area contributed by atoms with Gasteiger partial charge in [0.05, 0.1) is 11.5 Å². The second-order valence-electron chi connectivity index (χ2n) is 6.73. The third-order valence-corrected chi connectivity index (χ3v) is 8.91. The Balaban J connectivity index is 2.11. The Labute approximate surface area is 171 Å². The standard InChI is InChI=1S/C19H23ClN2O4S2/c20-18(14-17-10-5-2-6-11-17)15-28(25,26)19(22-21)27(23,24)13-7-12-16-8-3-1-4-9-16/h2,5-7,10-12,14,16H,1,3-4,8-9,13,15H2. The molecule has 1 aliphatic rings. The van der Waals surface area contributed by atoms with Gasteiger partial charge in [-0.05, 0) is 30.4 Å². The fourth-order valence-corrected chi connectivity index (χ4v) is 6.92. The fraction of sp³-hybridized carbons (Fsp3) is 0.421. The van der Waals surface area contributed by atoms with Crippen LogP contribution in [0.15, 0.2) is 47.5 Å². The summed E-state index contributed by atoms with van der Waals surface area (Å²) in [7, 11) is -8.74. The molecule has 0 radical (unpaired) electrons. The highest BCUT2D eigenvalue weighted by Crippen LogP contribution is 2.24. The Hall–Kier alpha value is -1.73. The van der Waals surface area contributed by atoms with Crippen LogP contribution in [0.4, 0.5) is 0 Å². The Morgan fingerprint density at radius 1 is 1.07 bits per heavy atom. The van der Waals surface area contributed by atoms with Crippen molar-refractivity contribution in [2.45, 2.75) is 32.1 Å². The molecule has 0 aliphatic heterocycles. The number of sulfone groups is 2. The number of nitrogens with zero attached hydrogens (tertiary/aromatic N) is 2. The van der Waals surface area contributed by atoms with Crippen LogP contribution in [0, 0.1) is 5.92 Å². The zero-order valence-electron chi connectivity index (χ0n) is 15.4. The van der Waals surface area contributed by atoms with Crippen molar-refractivity contribution in [1.82, 2.24) is 0 Å². The summed E-state index contributed by atoms with van der Waals surface area (Å²) in [5.74, 6) is -1.00. The Bertz CT molecular complexity index is 988. The second kappa shape index (κ2) is 10.2. The lowest BCUT2D eigenvalue weighted by Gasteiger charge is -2.17. The first-order valence-corrected chi connectivity index (χ1v) is 12.7. The molecule has 2 rings (SSSR count). The van der Waals surface area contributed by atoms with E-state index in [1.54, 1.807) is 36.4 Å². The van der Waals surface area contributed by atoms with E-state index in [0.717, 1.165) is 25.7 Å². The van der Waals surface area contributed by atoms with E-state index in [0.29, 0.717) is 11.5 Å². The summed E-state index contributed by atoms with van der Waals surface area (Å²) in [5, 5.41) is -0.0831. The average molecular weight is 443 g/mol. The molecule has 1 fully saturated rings. The SMILES string of the molecule is [N-]=[N+]=C(S(=O)(=O)CC=CC1CCCCC1)S(=O)(=O)CC(Cl)=Cc1ccccc1. The van der Waals surface area contributed by atoms with Crippen molar-refractivity contribution in [3.63, 3.8) is 0 Å². The molecule has 1 saturated carbocycles. The van der Waals surface area contributed by atoms with Crippen LogP contribution in [0.25, 0.3) is 11.6 Å². The van der Waals surface area contributed by atoms with Crippen molar-refractivity contribution in [1.29, 1.82) is 0 Å². The second-order valence-corrected chi connectivity index (χ2v) is 11.3. The molecule has 0 saturated heterocycles. The first-order chi connectivity index (χ1) is 13.2. The van der Waals surface area contributed by atoms with Gasteiger partial charge in [0.2, 0.25) is 0 Å². The van der Waals surface area contributed by atoms with Crippen LogP contribution in [0.5, 0.6) is 0 Å². The van der Waals surface area contributed by atoms with E-state index < -0.39 is 35.6 Å². The predicted octanol–water partition coefficient (Wildman–Crippen LogP) is 3.82. The Morgan fingerprint density at radius 2 is 1.71 bits per heavy atom. The molecule has 0 atom stereocenters. The van der Waals surface area contributed by atoms with Gasteiger partial charge < -0.3 is 5.53 Å². The van der Waals surface area contributed by atoms with Crippen LogP contribution in [-0.2, 0) is 19.7 Å². The van der Waals surface area contributed by atoms with E-state index in [1.165, 1.54) is 18.6 Å². The molecule has 0 heterocycles. The Morgan fingerprint density at radius 3 is 2.32 bits per heavy atom. The molecule has 0 N–H and O–H groups in total. The quantitative estimate of drug-likeness (QED) is 0.219. The molecule has 1 aromatic rings. The van der Waals surface area contributed by atoms with Crippen molar-refractivity contribution in [2.24, 2.45) is 5.92 Å². The largest absolute Gasteiger partial charge is 0.495 e. The van der Waals surface area contributed by atoms with Gasteiger partial charge in [0, 0.05) is 5.03 Å². The minimum absolute atomic E-state index is 0.0831. The van der Waals surface area contributed by atoms with Crippen molar-refractivity contribution in [2.75, 3.05) is 11.5 Å². The number of halogens is 1. The average Bonchev–Trinajstić information content (AvgIpc) is 2.62. The van der Waals surface area contributed by atoms with Gasteiger partial charge in [-0.25, -0.2) is 16.8 Å². The lowest BCUT2D eigenvalue weighted by molar-refractivity contribution is 0.00385. The first-order valence-electron chi connectivity index (χ1n) is 9.00. The Kier molecular flexibility index (Phi) is 8.19. The molecule has 152 valence electrons. The van der Waals surface area contributed by atoms with Crippen molar-refractivity contribution in [3.05, 3.63) is 58.6 Å². The maximum absolute atomic E-state index is 12.5. The highest BCUT2D eigenvalue weighted by Gasteiger charge is 2.41. The van der Waals surface area contributed by atoms with Gasteiger partial charge in [0.25, 0.3) is 19.7 Å². The van der Waals surface area contributed by atoms with Gasteiger partial charge in [0.15, 0.2) is 0 Å². The number of rotatable bonds is 6. The monoisotopic (exact) mass is 442 g/mol. The molecule has 0 spiro atoms. The molecule has 0 unspecified atom stereocenters. The number of allylic oxidation sites excluding steroid dienone is 1. The molecule has 28 heavy (non-hydrogen) atoms. The molecular formula is C19H23ClN2O4S2. The number of benzene rings is 1. The molecule has 9 heteroatoms. The number of hydrogen-bond donors (Lipinski definition) is 0. The van der Waals surface area contributed by atoms with Gasteiger partial charge in [-0.2, -0.15) is 0 Å². The van der Waals surface area contributed by atoms with Gasteiger partial charge >= 0.3 is 4.38 Å². The highest BCUT2D eigenvalue weighted by molar-refractivity contribution is 8.31. The fourth-order valence-electron chi connectivity index (χ4n) is 3.11. The van der Waals surface area contributed by atoms with Crippen LogP contribution in [0.2, 0.25) is 0 Å². The zero-order valence-corrected chi connectivity index (χ0v) is 17.8. The molecule has 0 amide bonds. The predicted molar refractivity (Wildman–Crippen MR) is 112 cm³/mol. The van der Waals surface area contributed by atoms with Gasteiger partial charge in [-0.15, -0.1) is 4.79 Å². The maximum Gasteiger partial charge on any atom is 0.495 e. The van der Waals surface area contributed by atoms with Crippen molar-refractivity contribution < 1.29 is 21.6 Å². The summed E-state index contributed by atoms with van der Waals surface area (Å²) in [4.78, 5) is 2.58. The summed E-state index contributed by atoms with van der Waals surface area (Å²) in [6.07, 6.45) is 10.0. The van der Waals surface area contributed by atoms with Crippen LogP contribution >= 0.6 is 11.6 Å². The number of hydrogen-bond acceptors (Lipinski definition) is 4. The molecule has 6 nitrogen and oxygen atoms in total. The lowest BCUT2D eigenvalue weighted by atomic mass is 9.89. The summed E-state index contributed by atoms with van der Waals surface area (Å²) < 4.78 is 48.5. The third kappa shape index (κ3) is 6.71. The summed E-state index contributed by atoms with van der Waals surface area (Å²) in [6.45, 7) is 0. The maximum atomic E-state index is 12.5. The molecular weight excluding hydrogens is 420 g/mol. The van der Waals surface area contributed by atoms with E-state index in [-0.39, 0.29) is 5.03 Å². The van der Waals surface area contributed by atoms with Crippen LogP contribution < -0.4 is 0 Å². The summed E-state index contributed by atoms with van der Waals surface area (Å²) >= 11 is 5.99. The van der Waals surface area contributed by atoms with E-state index in [1.807, 2.05) is 0 Å².